The Morgan fingerprint density at radius 1 is 0.180 bits per heavy atom. The van der Waals surface area contributed by atoms with Crippen molar-refractivity contribution < 1.29 is 0 Å². The third-order valence-corrected chi connectivity index (χ3v) is 27.4. The highest BCUT2D eigenvalue weighted by Crippen LogP contribution is 2.45. The molecule has 0 aliphatic rings. The van der Waals surface area contributed by atoms with E-state index in [2.05, 4.69) is 352 Å². The molecule has 0 radical (unpaired) electrons. The van der Waals surface area contributed by atoms with Crippen LogP contribution in [0.25, 0.3) is 250 Å². The average molecular weight is 1780 g/mol. The zero-order valence-corrected chi connectivity index (χ0v) is 75.9. The van der Waals surface area contributed by atoms with Gasteiger partial charge in [0, 0.05) is 158 Å². The number of aryl methyl sites for hydroxylation is 3. The zero-order chi connectivity index (χ0) is 92.9. The number of benzene rings is 19. The summed E-state index contributed by atoms with van der Waals surface area (Å²) in [6.45, 7) is 0. The number of nitriles is 2. The van der Waals surface area contributed by atoms with Crippen LogP contribution in [0, 0.1) is 22.7 Å². The first-order valence-corrected chi connectivity index (χ1v) is 46.5. The van der Waals surface area contributed by atoms with Crippen LogP contribution >= 0.6 is 0 Å². The number of aromatic nitrogens is 12. The number of para-hydroxylation sites is 7. The summed E-state index contributed by atoms with van der Waals surface area (Å²) in [5, 5.41) is 33.8. The lowest BCUT2D eigenvalue weighted by Gasteiger charge is -2.14. The molecule has 27 rings (SSSR count). The fourth-order valence-electron chi connectivity index (χ4n) is 20.7. The predicted octanol–water partition coefficient (Wildman–Crippen LogP) is 30.4. The third kappa shape index (κ3) is 14.2. The van der Waals surface area contributed by atoms with Crippen LogP contribution in [0.3, 0.4) is 0 Å². The van der Waals surface area contributed by atoms with Crippen LogP contribution in [0.15, 0.2) is 443 Å². The molecule has 14 nitrogen and oxygen atoms in total. The number of nitrogens with zero attached hydrogens (tertiary/aromatic N) is 14. The lowest BCUT2D eigenvalue weighted by molar-refractivity contribution is 1.01. The van der Waals surface area contributed by atoms with Gasteiger partial charge in [0.25, 0.3) is 0 Å². The molecule has 0 saturated heterocycles. The topological polar surface area (TPSA) is 154 Å². The molecule has 19 aromatic carbocycles. The van der Waals surface area contributed by atoms with Crippen LogP contribution in [0.5, 0.6) is 0 Å². The molecule has 0 amide bonds. The van der Waals surface area contributed by atoms with E-state index in [9.17, 15) is 10.5 Å². The summed E-state index contributed by atoms with van der Waals surface area (Å²) in [6.07, 6.45) is 0. The maximum atomic E-state index is 9.86. The molecule has 0 aliphatic heterocycles. The smallest absolute Gasteiger partial charge is 0.166 e. The van der Waals surface area contributed by atoms with Crippen LogP contribution in [-0.2, 0) is 21.1 Å². The van der Waals surface area contributed by atoms with Crippen molar-refractivity contribution in [2.24, 2.45) is 21.1 Å². The Balaban J connectivity index is 0.000000112. The molecule has 0 spiro atoms. The number of fused-ring (bicyclic) bond motifs is 18. The SMILES string of the molecule is Cn1c2ccccc2c2cc(-c3ccc4c(c3)c3ccccc3n4-c3ccc(C#N)cc3C#N)ccc21.Cn1c2ccccc2c2cc(-c3ccc4c(c3)c3ccccc3n4-c3cccc(-c4nc(-c5ccccc5)nc(-c5ccccc5)n4)c3)ccc21.Cn1c2ccccc2c2cc(-c3ccc4c(c3)c3ccccc3n4-c3ccccc3-c3nc(-c4ccccc4)nc(-c4ccccc4)n3)ccc21. The Kier molecular flexibility index (Phi) is 20.0. The van der Waals surface area contributed by atoms with Crippen molar-refractivity contribution in [2.75, 3.05) is 0 Å². The minimum absolute atomic E-state index is 0.479. The minimum Gasteiger partial charge on any atom is -0.344 e. The van der Waals surface area contributed by atoms with Gasteiger partial charge in [-0.15, -0.1) is 0 Å². The molecule has 27 aromatic rings. The molecule has 0 N–H and O–H groups in total. The summed E-state index contributed by atoms with van der Waals surface area (Å²) in [7, 11) is 6.40. The highest BCUT2D eigenvalue weighted by atomic mass is 15.1. The molecule has 0 atom stereocenters. The molecule has 139 heavy (non-hydrogen) atoms. The van der Waals surface area contributed by atoms with Crippen molar-refractivity contribution in [3.63, 3.8) is 0 Å². The molecule has 14 heteroatoms. The molecule has 8 heterocycles. The van der Waals surface area contributed by atoms with Crippen LogP contribution < -0.4 is 0 Å². The van der Waals surface area contributed by atoms with Gasteiger partial charge in [0.1, 0.15) is 6.07 Å². The third-order valence-electron chi connectivity index (χ3n) is 27.4. The predicted molar refractivity (Wildman–Crippen MR) is 569 cm³/mol. The Hall–Kier alpha value is -19.0. The Bertz CT molecular complexity index is 9610. The second-order valence-corrected chi connectivity index (χ2v) is 35.3. The van der Waals surface area contributed by atoms with Gasteiger partial charge >= 0.3 is 0 Å². The Morgan fingerprint density at radius 3 is 0.813 bits per heavy atom. The molecular weight excluding hydrogens is 1700 g/mol. The van der Waals surface area contributed by atoms with Crippen LogP contribution in [0.1, 0.15) is 11.1 Å². The van der Waals surface area contributed by atoms with Gasteiger partial charge in [-0.3, -0.25) is 0 Å². The Morgan fingerprint density at radius 2 is 0.446 bits per heavy atom. The highest BCUT2D eigenvalue weighted by molar-refractivity contribution is 6.17. The first kappa shape index (κ1) is 81.9. The van der Waals surface area contributed by atoms with Crippen molar-refractivity contribution in [3.8, 4) is 131 Å². The summed E-state index contributed by atoms with van der Waals surface area (Å²) in [5.74, 6) is 3.85. The van der Waals surface area contributed by atoms with E-state index in [1.54, 1.807) is 12.1 Å². The number of hydrogen-bond acceptors (Lipinski definition) is 8. The maximum absolute atomic E-state index is 9.86. The van der Waals surface area contributed by atoms with Crippen molar-refractivity contribution in [1.29, 1.82) is 10.5 Å². The van der Waals surface area contributed by atoms with Crippen LogP contribution in [0.4, 0.5) is 0 Å². The minimum atomic E-state index is 0.479. The van der Waals surface area contributed by atoms with E-state index in [1.807, 2.05) is 140 Å². The zero-order valence-electron chi connectivity index (χ0n) is 75.9. The number of hydrogen-bond donors (Lipinski definition) is 0. The van der Waals surface area contributed by atoms with Crippen molar-refractivity contribution in [2.45, 2.75) is 0 Å². The van der Waals surface area contributed by atoms with Gasteiger partial charge < -0.3 is 27.4 Å². The normalized spacial score (nSPS) is 11.5. The largest absolute Gasteiger partial charge is 0.344 e. The van der Waals surface area contributed by atoms with Gasteiger partial charge in [0.2, 0.25) is 0 Å². The first-order chi connectivity index (χ1) is 68.6. The molecule has 0 fully saturated rings. The van der Waals surface area contributed by atoms with Crippen LogP contribution in [-0.4, -0.2) is 57.3 Å². The van der Waals surface area contributed by atoms with Crippen molar-refractivity contribution >= 4 is 131 Å². The van der Waals surface area contributed by atoms with E-state index in [1.165, 1.54) is 115 Å². The maximum Gasteiger partial charge on any atom is 0.166 e. The van der Waals surface area contributed by atoms with Crippen LogP contribution in [0.2, 0.25) is 0 Å². The summed E-state index contributed by atoms with van der Waals surface area (Å²) >= 11 is 0. The lowest BCUT2D eigenvalue weighted by atomic mass is 10.0. The van der Waals surface area contributed by atoms with E-state index in [4.69, 9.17) is 29.9 Å². The van der Waals surface area contributed by atoms with Gasteiger partial charge in [-0.25, -0.2) is 29.9 Å². The van der Waals surface area contributed by atoms with Gasteiger partial charge in [-0.05, 0) is 185 Å². The number of rotatable bonds is 12. The average Bonchev–Trinajstić information content (AvgIpc) is 1.59. The summed E-state index contributed by atoms with van der Waals surface area (Å²) in [5.41, 5.74) is 30.5. The molecule has 0 bridgehead atoms. The molecular formula is C125H82N14. The molecule has 0 saturated carbocycles. The summed E-state index contributed by atoms with van der Waals surface area (Å²) in [6, 6.07) is 159. The first-order valence-electron chi connectivity index (χ1n) is 46.5. The van der Waals surface area contributed by atoms with E-state index >= 15 is 0 Å². The Labute approximate surface area is 799 Å². The van der Waals surface area contributed by atoms with Gasteiger partial charge in [-0.1, -0.05) is 291 Å². The van der Waals surface area contributed by atoms with Crippen molar-refractivity contribution in [1.82, 2.24) is 57.3 Å². The quantitative estimate of drug-likeness (QED) is 0.117. The second kappa shape index (κ2) is 33.9. The molecule has 0 unspecified atom stereocenters. The molecule has 8 aromatic heterocycles. The van der Waals surface area contributed by atoms with E-state index in [0.717, 1.165) is 99.9 Å². The fourth-order valence-corrected chi connectivity index (χ4v) is 20.7. The van der Waals surface area contributed by atoms with E-state index in [0.29, 0.717) is 46.1 Å². The summed E-state index contributed by atoms with van der Waals surface area (Å²) < 4.78 is 13.6. The monoisotopic (exact) mass is 1780 g/mol. The van der Waals surface area contributed by atoms with E-state index < -0.39 is 0 Å². The molecule has 0 aliphatic carbocycles. The highest BCUT2D eigenvalue weighted by Gasteiger charge is 2.25. The lowest BCUT2D eigenvalue weighted by Crippen LogP contribution is -2.03. The standard InChI is InChI=1S/2C46H31N5.C33H20N4/c1-50-39-21-11-8-18-34(39)37-28-32(24-26-40(37)50)33-25-27-43-38(29-33)35-19-9-12-22-41(35)51(43)42-23-13-10-20-36(42)46-48-44(30-14-4-2-5-15-30)47-45(49-46)31-16-6-3-7-17-31;1-50-40-21-10-8-19-36(40)38-28-32(23-25-41(38)50)33-24-26-43-39(29-33)37-20-9-11-22-42(37)51(43)35-18-12-17-34(27-35)46-48-44(30-13-4-2-5-14-30)47-45(49-46)31-15-6-3-7-16-31;1-36-30-8-4-2-6-25(30)27-17-22(11-14-31(27)36)23-12-15-33-28(18-23)26-7-3-5-9-32(26)37(33)29-13-10-21(19-34)16-24(29)20-35/h2*2-29H,1H3;2-18H,1H3. The second-order valence-electron chi connectivity index (χ2n) is 35.3. The van der Waals surface area contributed by atoms with Gasteiger partial charge in [0.15, 0.2) is 34.9 Å². The molecule has 652 valence electrons. The van der Waals surface area contributed by atoms with Gasteiger partial charge in [-0.2, -0.15) is 10.5 Å². The van der Waals surface area contributed by atoms with Gasteiger partial charge in [0.05, 0.1) is 61.7 Å². The van der Waals surface area contributed by atoms with Crippen molar-refractivity contribution in [3.05, 3.63) is 454 Å². The fraction of sp³-hybridized carbons (Fsp3) is 0.0240. The summed E-state index contributed by atoms with van der Waals surface area (Å²) in [4.78, 5) is 30.0. The van der Waals surface area contributed by atoms with E-state index in [-0.39, 0.29) is 0 Å².